The van der Waals surface area contributed by atoms with Crippen LogP contribution in [0.5, 0.6) is 0 Å². The van der Waals surface area contributed by atoms with Crippen LogP contribution < -0.4 is 5.32 Å². The van der Waals surface area contributed by atoms with Gasteiger partial charge in [0.25, 0.3) is 0 Å². The molecule has 9 atom stereocenters. The monoisotopic (exact) mass is 692 g/mol. The Hall–Kier alpha value is -0.890. The van der Waals surface area contributed by atoms with E-state index >= 15 is 0 Å². The number of aliphatic hydroxyl groups excluding tert-OH is 7. The highest BCUT2D eigenvalue weighted by Gasteiger charge is 2.44. The second-order valence-electron chi connectivity index (χ2n) is 14.0. The molecule has 0 aromatic carbocycles. The van der Waals surface area contributed by atoms with E-state index in [4.69, 9.17) is 9.47 Å². The third-order valence-corrected chi connectivity index (χ3v) is 9.66. The van der Waals surface area contributed by atoms with Crippen LogP contribution >= 0.6 is 0 Å². The summed E-state index contributed by atoms with van der Waals surface area (Å²) in [5, 5.41) is 75.1. The van der Waals surface area contributed by atoms with Crippen LogP contribution in [0.15, 0.2) is 0 Å². The maximum absolute atomic E-state index is 12.9. The Balaban J connectivity index is 2.57. The minimum Gasteiger partial charge on any atom is -0.394 e. The molecule has 0 saturated carbocycles. The third-order valence-electron chi connectivity index (χ3n) is 9.66. The fourth-order valence-corrected chi connectivity index (χ4v) is 6.32. The topological polar surface area (TPSA) is 189 Å². The molecule has 286 valence electrons. The molecule has 1 saturated heterocycles. The molecule has 0 bridgehead atoms. The van der Waals surface area contributed by atoms with Gasteiger partial charge < -0.3 is 50.5 Å². The van der Waals surface area contributed by atoms with Gasteiger partial charge in [0.1, 0.15) is 36.6 Å². The van der Waals surface area contributed by atoms with Crippen LogP contribution in [0.25, 0.3) is 0 Å². The van der Waals surface area contributed by atoms with Crippen LogP contribution in [-0.2, 0) is 14.3 Å². The first-order chi connectivity index (χ1) is 23.2. The molecule has 11 heteroatoms. The SMILES string of the molecule is CCCCCCCCCCCCCCC(O)C(O)C(COC1OC(CO)C(O)C(O)C1O)NC(=O)C(O)CCCCCCCCCCC. The fourth-order valence-electron chi connectivity index (χ4n) is 6.32. The van der Waals surface area contributed by atoms with E-state index in [1.165, 1.54) is 83.5 Å². The molecule has 0 aromatic rings. The van der Waals surface area contributed by atoms with Crippen molar-refractivity contribution in [3.05, 3.63) is 0 Å². The van der Waals surface area contributed by atoms with Crippen LogP contribution in [0.3, 0.4) is 0 Å². The maximum Gasteiger partial charge on any atom is 0.249 e. The molecular formula is C37H73NO10. The smallest absolute Gasteiger partial charge is 0.249 e. The number of hydrogen-bond donors (Lipinski definition) is 8. The maximum atomic E-state index is 12.9. The zero-order valence-electron chi connectivity index (χ0n) is 30.2. The molecule has 8 N–H and O–H groups in total. The van der Waals surface area contributed by atoms with Gasteiger partial charge in [-0.15, -0.1) is 0 Å². The van der Waals surface area contributed by atoms with Gasteiger partial charge >= 0.3 is 0 Å². The van der Waals surface area contributed by atoms with Crippen LogP contribution in [0.2, 0.25) is 0 Å². The number of carbonyl (C=O) groups is 1. The molecule has 0 radical (unpaired) electrons. The van der Waals surface area contributed by atoms with Gasteiger partial charge in [-0.25, -0.2) is 0 Å². The molecular weight excluding hydrogens is 618 g/mol. The van der Waals surface area contributed by atoms with Gasteiger partial charge in [-0.05, 0) is 12.8 Å². The molecule has 0 spiro atoms. The Kier molecular flexibility index (Phi) is 27.0. The Bertz CT molecular complexity index is 760. The summed E-state index contributed by atoms with van der Waals surface area (Å²) in [6.07, 6.45) is 13.1. The molecule has 11 nitrogen and oxygen atoms in total. The quantitative estimate of drug-likeness (QED) is 0.0485. The predicted octanol–water partition coefficient (Wildman–Crippen LogP) is 4.38. The van der Waals surface area contributed by atoms with Gasteiger partial charge in [-0.1, -0.05) is 149 Å². The number of hydrogen-bond acceptors (Lipinski definition) is 10. The normalized spacial score (nSPS) is 23.9. The number of amides is 1. The van der Waals surface area contributed by atoms with Crippen molar-refractivity contribution in [1.29, 1.82) is 0 Å². The Labute approximate surface area is 290 Å². The van der Waals surface area contributed by atoms with Crippen LogP contribution in [0, 0.1) is 0 Å². The zero-order chi connectivity index (χ0) is 35.6. The minimum absolute atomic E-state index is 0.263. The summed E-state index contributed by atoms with van der Waals surface area (Å²) in [6.45, 7) is 3.37. The molecule has 0 aromatic heterocycles. The largest absolute Gasteiger partial charge is 0.394 e. The number of rotatable bonds is 31. The van der Waals surface area contributed by atoms with Crippen molar-refractivity contribution < 1.29 is 50.0 Å². The summed E-state index contributed by atoms with van der Waals surface area (Å²) < 4.78 is 11.0. The summed E-state index contributed by atoms with van der Waals surface area (Å²) in [5.74, 6) is -0.700. The predicted molar refractivity (Wildman–Crippen MR) is 187 cm³/mol. The minimum atomic E-state index is -1.65. The Morgan fingerprint density at radius 3 is 1.54 bits per heavy atom. The lowest BCUT2D eigenvalue weighted by molar-refractivity contribution is -0.303. The Morgan fingerprint density at radius 2 is 1.08 bits per heavy atom. The van der Waals surface area contributed by atoms with Gasteiger partial charge in [0, 0.05) is 0 Å². The van der Waals surface area contributed by atoms with Gasteiger partial charge in [0.05, 0.1) is 25.4 Å². The zero-order valence-corrected chi connectivity index (χ0v) is 30.2. The van der Waals surface area contributed by atoms with Crippen LogP contribution in [-0.4, -0.2) is 110 Å². The first-order valence-corrected chi connectivity index (χ1v) is 19.4. The molecule has 0 aliphatic carbocycles. The third kappa shape index (κ3) is 19.5. The van der Waals surface area contributed by atoms with E-state index < -0.39 is 74.2 Å². The molecule has 1 fully saturated rings. The molecule has 48 heavy (non-hydrogen) atoms. The van der Waals surface area contributed by atoms with Crippen LogP contribution in [0.1, 0.15) is 162 Å². The number of nitrogens with one attached hydrogen (secondary N) is 1. The lowest BCUT2D eigenvalue weighted by Crippen LogP contribution is -2.60. The number of carbonyl (C=O) groups excluding carboxylic acids is 1. The fraction of sp³-hybridized carbons (Fsp3) is 0.973. The van der Waals surface area contributed by atoms with E-state index in [0.717, 1.165) is 38.5 Å². The van der Waals surface area contributed by atoms with E-state index in [1.54, 1.807) is 0 Å². The average Bonchev–Trinajstić information content (AvgIpc) is 3.08. The highest BCUT2D eigenvalue weighted by molar-refractivity contribution is 5.80. The van der Waals surface area contributed by atoms with Gasteiger partial charge in [0.2, 0.25) is 5.91 Å². The molecule has 9 unspecified atom stereocenters. The highest BCUT2D eigenvalue weighted by atomic mass is 16.7. The van der Waals surface area contributed by atoms with E-state index in [2.05, 4.69) is 19.2 Å². The molecule has 1 aliphatic heterocycles. The second kappa shape index (κ2) is 28.8. The first kappa shape index (κ1) is 45.1. The number of ether oxygens (including phenoxy) is 2. The van der Waals surface area contributed by atoms with Gasteiger partial charge in [-0.2, -0.15) is 0 Å². The van der Waals surface area contributed by atoms with Crippen molar-refractivity contribution in [2.24, 2.45) is 0 Å². The van der Waals surface area contributed by atoms with Crippen LogP contribution in [0.4, 0.5) is 0 Å². The van der Waals surface area contributed by atoms with Crippen molar-refractivity contribution in [3.8, 4) is 0 Å². The molecule has 1 aliphatic rings. The lowest BCUT2D eigenvalue weighted by atomic mass is 9.98. The van der Waals surface area contributed by atoms with Crippen molar-refractivity contribution >= 4 is 5.91 Å². The summed E-state index contributed by atoms with van der Waals surface area (Å²) in [6, 6.07) is -1.16. The van der Waals surface area contributed by atoms with E-state index in [0.29, 0.717) is 19.3 Å². The lowest BCUT2D eigenvalue weighted by Gasteiger charge is -2.40. The molecule has 1 amide bonds. The summed E-state index contributed by atoms with van der Waals surface area (Å²) in [4.78, 5) is 12.9. The summed E-state index contributed by atoms with van der Waals surface area (Å²) >= 11 is 0. The van der Waals surface area contributed by atoms with Crippen molar-refractivity contribution in [1.82, 2.24) is 5.32 Å². The molecule has 1 rings (SSSR count). The first-order valence-electron chi connectivity index (χ1n) is 19.4. The number of aliphatic hydroxyl groups is 7. The van der Waals surface area contributed by atoms with Gasteiger partial charge in [0.15, 0.2) is 6.29 Å². The van der Waals surface area contributed by atoms with Crippen molar-refractivity contribution in [3.63, 3.8) is 0 Å². The van der Waals surface area contributed by atoms with Crippen molar-refractivity contribution in [2.45, 2.75) is 217 Å². The van der Waals surface area contributed by atoms with E-state index in [1.807, 2.05) is 0 Å². The Morgan fingerprint density at radius 1 is 0.646 bits per heavy atom. The summed E-state index contributed by atoms with van der Waals surface area (Å²) in [5.41, 5.74) is 0. The standard InChI is InChI=1S/C37H73NO10/c1-3-5-7-9-11-13-14-15-17-18-20-22-24-29(40)32(42)28(27-47-37-35(45)34(44)33(43)31(26-39)48-37)38-36(46)30(41)25-23-21-19-16-12-10-8-6-4-2/h28-35,37,39-45H,3-27H2,1-2H3,(H,38,46). The molecule has 1 heterocycles. The van der Waals surface area contributed by atoms with Gasteiger partial charge in [-0.3, -0.25) is 4.79 Å². The van der Waals surface area contributed by atoms with E-state index in [9.17, 15) is 40.5 Å². The number of unbranched alkanes of at least 4 members (excludes halogenated alkanes) is 19. The highest BCUT2D eigenvalue weighted by Crippen LogP contribution is 2.23. The van der Waals surface area contributed by atoms with E-state index in [-0.39, 0.29) is 6.42 Å². The summed E-state index contributed by atoms with van der Waals surface area (Å²) in [7, 11) is 0. The average molecular weight is 692 g/mol. The second-order valence-corrected chi connectivity index (χ2v) is 14.0. The van der Waals surface area contributed by atoms with Crippen molar-refractivity contribution in [2.75, 3.05) is 13.2 Å².